The normalized spacial score (nSPS) is 11.2. The number of amides is 11. The summed E-state index contributed by atoms with van der Waals surface area (Å²) in [5.41, 5.74) is 4.58. The maximum absolute atomic E-state index is 13.6. The van der Waals surface area contributed by atoms with Crippen LogP contribution in [0.2, 0.25) is 0 Å². The molecule has 1 aromatic carbocycles. The second-order valence-electron chi connectivity index (χ2n) is 37.1. The molecule has 11 amide bonds. The van der Waals surface area contributed by atoms with Crippen LogP contribution in [0.15, 0.2) is 117 Å². The van der Waals surface area contributed by atoms with Crippen molar-refractivity contribution in [2.24, 2.45) is 70.5 Å². The van der Waals surface area contributed by atoms with Crippen LogP contribution in [-0.2, 0) is 135 Å². The molecule has 47 heteroatoms. The van der Waals surface area contributed by atoms with Crippen LogP contribution in [-0.4, -0.2) is 240 Å². The number of aliphatic hydroxyl groups is 1. The van der Waals surface area contributed by atoms with Crippen LogP contribution >= 0.6 is 0 Å². The quantitative estimate of drug-likeness (QED) is 0.0165. The van der Waals surface area contributed by atoms with Crippen molar-refractivity contribution in [3.05, 3.63) is 202 Å². The molecule has 0 aliphatic rings. The highest BCUT2D eigenvalue weighted by Crippen LogP contribution is 2.25. The molecule has 0 fully saturated rings. The van der Waals surface area contributed by atoms with Crippen molar-refractivity contribution in [3.63, 3.8) is 0 Å². The van der Waals surface area contributed by atoms with Crippen LogP contribution in [0.1, 0.15) is 267 Å². The largest absolute Gasteiger partial charge is 0.389 e. The molecule has 11 rings (SSSR count). The number of nitrogens with one attached hydrogen (secondary N) is 12. The molecular weight excluding hydrogens is 1920 g/mol. The van der Waals surface area contributed by atoms with Crippen molar-refractivity contribution in [1.29, 1.82) is 0 Å². The molecule has 0 aliphatic heterocycles. The topological polar surface area (TPSA) is 595 Å². The van der Waals surface area contributed by atoms with Gasteiger partial charge in [-0.1, -0.05) is 12.8 Å². The van der Waals surface area contributed by atoms with Gasteiger partial charge >= 0.3 is 0 Å². The van der Waals surface area contributed by atoms with Gasteiger partial charge < -0.3 is 114 Å². The first-order valence-electron chi connectivity index (χ1n) is 48.9. The number of quaternary nitrogens is 1. The van der Waals surface area contributed by atoms with Gasteiger partial charge in [-0.25, -0.2) is 24.9 Å². The molecule has 149 heavy (non-hydrogen) atoms. The smallest absolute Gasteiger partial charge is 0.291 e. The highest BCUT2D eigenvalue weighted by atomic mass is 16.3. The highest BCUT2D eigenvalue weighted by Gasteiger charge is 2.29. The molecule has 0 radical (unpaired) electrons. The second-order valence-corrected chi connectivity index (χ2v) is 37.1. The minimum absolute atomic E-state index is 0.00439. The summed E-state index contributed by atoms with van der Waals surface area (Å²) in [5, 5.41) is 38.3. The Morgan fingerprint density at radius 3 is 1.13 bits per heavy atom. The van der Waals surface area contributed by atoms with Crippen LogP contribution in [0.3, 0.4) is 0 Å². The number of rotatable bonds is 60. The number of carbonyl (C=O) groups is 19. The van der Waals surface area contributed by atoms with Gasteiger partial charge in [-0.2, -0.15) is 0 Å². The monoisotopic (exact) mass is 2050 g/mol. The number of Topliss-reactive ketones (excluding diaryl/α,β-unsaturated/α-hetero) is 8. The van der Waals surface area contributed by atoms with Crippen LogP contribution in [0, 0.1) is 0 Å². The fourth-order valence-electron chi connectivity index (χ4n) is 16.6. The molecule has 0 unspecified atom stereocenters. The average molecular weight is 2050 g/mol. The van der Waals surface area contributed by atoms with E-state index in [0.29, 0.717) is 83.7 Å². The van der Waals surface area contributed by atoms with Crippen molar-refractivity contribution < 1.29 is 101 Å². The van der Waals surface area contributed by atoms with Crippen molar-refractivity contribution in [2.45, 2.75) is 154 Å². The molecule has 13 N–H and O–H groups in total. The predicted molar refractivity (Wildman–Crippen MR) is 547 cm³/mol. The van der Waals surface area contributed by atoms with E-state index in [0.717, 1.165) is 32.2 Å². The maximum atomic E-state index is 13.6. The number of aryl methyl sites for hydroxylation is 10. The van der Waals surface area contributed by atoms with Gasteiger partial charge in [0.1, 0.15) is 35.3 Å². The summed E-state index contributed by atoms with van der Waals surface area (Å²) in [5.74, 6) is -7.02. The Labute approximate surface area is 857 Å². The molecule has 0 bridgehead atoms. The Hall–Kier alpha value is -16.9. The first kappa shape index (κ1) is 112. The first-order chi connectivity index (χ1) is 71.0. The minimum atomic E-state index is -0.677. The Bertz CT molecular complexity index is 6850. The summed E-state index contributed by atoms with van der Waals surface area (Å²) < 4.78 is 15.0. The lowest BCUT2D eigenvalue weighted by Gasteiger charge is -2.08. The third-order valence-electron chi connectivity index (χ3n) is 24.2. The summed E-state index contributed by atoms with van der Waals surface area (Å²) in [7, 11) is 20.3. The summed E-state index contributed by atoms with van der Waals surface area (Å²) in [6, 6.07) is 13.8. The van der Waals surface area contributed by atoms with E-state index in [9.17, 15) is 91.1 Å². The number of nitrogens with zero attached hydrogens (tertiary/aromatic N) is 15. The van der Waals surface area contributed by atoms with Crippen LogP contribution in [0.25, 0.3) is 0 Å². The summed E-state index contributed by atoms with van der Waals surface area (Å²) in [6.45, 7) is 0.450. The number of hydrogen-bond acceptors (Lipinski definition) is 25. The maximum Gasteiger partial charge on any atom is 0.291 e. The number of anilines is 7. The van der Waals surface area contributed by atoms with Gasteiger partial charge in [-0.3, -0.25) is 91.1 Å². The predicted octanol–water partition coefficient (Wildman–Crippen LogP) is 5.49. The zero-order chi connectivity index (χ0) is 108. The Balaban J connectivity index is 0.527. The minimum Gasteiger partial charge on any atom is -0.389 e. The zero-order valence-electron chi connectivity index (χ0n) is 85.6. The van der Waals surface area contributed by atoms with Gasteiger partial charge in [-0.05, 0) is 111 Å². The van der Waals surface area contributed by atoms with Crippen LogP contribution in [0.4, 0.5) is 40.2 Å². The molecule has 790 valence electrons. The van der Waals surface area contributed by atoms with Gasteiger partial charge in [0.15, 0.2) is 52.3 Å². The van der Waals surface area contributed by atoms with Crippen molar-refractivity contribution >= 4 is 151 Å². The molecule has 0 spiro atoms. The molecule has 11 aromatic rings. The number of hydrogen-bond donors (Lipinski definition) is 13. The number of carbonyl (C=O) groups excluding carboxylic acids is 19. The molecule has 0 aliphatic carbocycles. The van der Waals surface area contributed by atoms with Gasteiger partial charge in [0.25, 0.3) is 35.4 Å². The number of benzene rings is 1. The summed E-state index contributed by atoms with van der Waals surface area (Å²) in [6.07, 6.45) is 21.8. The van der Waals surface area contributed by atoms with E-state index < -0.39 is 71.5 Å². The van der Waals surface area contributed by atoms with Gasteiger partial charge in [0, 0.05) is 253 Å². The van der Waals surface area contributed by atoms with Crippen molar-refractivity contribution in [3.8, 4) is 0 Å². The zero-order valence-corrected chi connectivity index (χ0v) is 85.6. The van der Waals surface area contributed by atoms with E-state index in [1.165, 1.54) is 118 Å². The average Bonchev–Trinajstić information content (AvgIpc) is 1.67. The lowest BCUT2D eigenvalue weighted by molar-refractivity contribution is -0.858. The molecule has 0 atom stereocenters. The van der Waals surface area contributed by atoms with Crippen LogP contribution < -0.4 is 63.4 Å². The van der Waals surface area contributed by atoms with Crippen LogP contribution in [0.5, 0.6) is 0 Å². The number of aliphatic hydroxyl groups excluding tert-OH is 1. The molecule has 10 heterocycles. The van der Waals surface area contributed by atoms with E-state index >= 15 is 0 Å². The first-order valence-corrected chi connectivity index (χ1v) is 48.9. The van der Waals surface area contributed by atoms with Gasteiger partial charge in [0.05, 0.1) is 73.3 Å². The second kappa shape index (κ2) is 53.3. The van der Waals surface area contributed by atoms with Gasteiger partial charge in [-0.15, -0.1) is 0 Å². The number of imidazole rings is 5. The lowest BCUT2D eigenvalue weighted by Crippen LogP contribution is -3.05. The molecule has 0 saturated heterocycles. The third kappa shape index (κ3) is 33.3. The van der Waals surface area contributed by atoms with E-state index in [2.05, 4.69) is 97.5 Å². The van der Waals surface area contributed by atoms with E-state index in [4.69, 9.17) is 5.11 Å². The number of unbranched alkanes of at least 4 members (excludes halogenated alkanes) is 4. The lowest BCUT2D eigenvalue weighted by atomic mass is 10.0. The summed E-state index contributed by atoms with van der Waals surface area (Å²) >= 11 is 0. The SMILES string of the molecule is Cn1cc(CC(=O)c2nc(CC(=O)c3nc(CC(=O)CCCC(=O)c4cc(CC(=O)c5nc(NC(=O)CCCNC(=O)c6cc(NC(=O)c7nc(NC(=O)CCNC(=O)c8cc(NC(=O)c9cc(NC(=O)c%10nc(NC(=O)CCNC(=O)CCNC(=O)c%11ccc(NC(=O)CCCCCCC(=O)CO)cc%11)cn%10C)cn9C)cn8C)cn7C)cn6C)cn5C)cn4C)cn3C)cn2C)cc1C(=O)CCCC(=O)CCCC[NH+](C)C. The Kier molecular flexibility index (Phi) is 40.2. The highest BCUT2D eigenvalue weighted by molar-refractivity contribution is 6.09. The Morgan fingerprint density at radius 1 is 0.268 bits per heavy atom. The van der Waals surface area contributed by atoms with Crippen molar-refractivity contribution in [1.82, 2.24) is 91.9 Å². The Morgan fingerprint density at radius 2 is 0.638 bits per heavy atom. The fourth-order valence-corrected chi connectivity index (χ4v) is 16.6. The summed E-state index contributed by atoms with van der Waals surface area (Å²) in [4.78, 5) is 271. The molecule has 47 nitrogen and oxygen atoms in total. The van der Waals surface area contributed by atoms with Crippen molar-refractivity contribution in [2.75, 3.05) is 90.6 Å². The molecular formula is C102H128N27O20+. The van der Waals surface area contributed by atoms with E-state index in [1.807, 2.05) is 0 Å². The third-order valence-corrected chi connectivity index (χ3v) is 24.2. The number of aromatic nitrogens is 15. The van der Waals surface area contributed by atoms with E-state index in [1.54, 1.807) is 119 Å². The molecule has 0 saturated carbocycles. The number of ketones is 8. The molecule has 10 aromatic heterocycles. The van der Waals surface area contributed by atoms with Gasteiger partial charge in [0.2, 0.25) is 58.5 Å². The van der Waals surface area contributed by atoms with E-state index in [-0.39, 0.29) is 243 Å². The fraction of sp³-hybridized carbons (Fsp3) is 0.412. The standard InChI is InChI=1S/C102H127N27O20/c1-119(2)41-18-17-22-71(131)24-19-26-79(134)74-42-62(51-120(74)3)44-81(136)92-109-70(57-126(92)9)50-83(138)93-108-66(56-125(93)8)46-72(132)25-20-27-80(135)75-43-63(52-121(75)4)45-82(137)94-116-84(58-127(94)10)113-89(141)29-21-37-104-98(145)76-48-68(54-123(76)6)111-101(148)95-118-86(60-129(95)12)115-91(143)36-40-106-99(146)77-47-67(53-122(77)5)110-100(147)78-49-69(55-124(78)7)112-102(149)96-117-85(59-128(96)11)114-90(142)35-38-103-87(139)34-39-105-97(144)64-30-32-65(33-31-64)107-88(140)28-16-14-13-15-23-73(133)61-130/h30-33,42-43,47-49,51-60,130H,13-29,34-41,44-46,50,61H2,1-12H3,(H,103,139)(H,104,145)(H,105,144)(H,106,146)(H,107,140)(H,110,147)(H,111,148)(H,112,149)(H,113,141)(H,114,142)(H,115,143)/p+1.